The second kappa shape index (κ2) is 5.79. The smallest absolute Gasteiger partial charge is 0.304 e. The first kappa shape index (κ1) is 14.6. The molecular formula is C16H20O4S. The minimum absolute atomic E-state index is 0.193. The molecule has 0 radical (unpaired) electrons. The fraction of sp³-hybridized carbons (Fsp3) is 0.562. The average Bonchev–Trinajstić information content (AvgIpc) is 3.04. The number of carboxylic acid groups (broad SMARTS) is 1. The van der Waals surface area contributed by atoms with Gasteiger partial charge in [-0.3, -0.25) is 4.79 Å². The molecule has 21 heavy (non-hydrogen) atoms. The van der Waals surface area contributed by atoms with Crippen LogP contribution in [0.25, 0.3) is 0 Å². The van der Waals surface area contributed by atoms with E-state index in [1.165, 1.54) is 0 Å². The second-order valence-electron chi connectivity index (χ2n) is 5.82. The quantitative estimate of drug-likeness (QED) is 0.875. The van der Waals surface area contributed by atoms with Gasteiger partial charge in [0.25, 0.3) is 0 Å². The Labute approximate surface area is 128 Å². The van der Waals surface area contributed by atoms with Crippen molar-refractivity contribution in [2.75, 3.05) is 18.6 Å². The maximum absolute atomic E-state index is 11.1. The number of thioether (sulfide) groups is 1. The molecule has 1 unspecified atom stereocenters. The van der Waals surface area contributed by atoms with E-state index in [4.69, 9.17) is 14.6 Å². The van der Waals surface area contributed by atoms with Crippen LogP contribution in [0, 0.1) is 0 Å². The van der Waals surface area contributed by atoms with Gasteiger partial charge in [-0.15, -0.1) is 0 Å². The largest absolute Gasteiger partial charge is 0.493 e. The van der Waals surface area contributed by atoms with E-state index in [1.807, 2.05) is 30.0 Å². The Balaban J connectivity index is 1.84. The Bertz CT molecular complexity index is 533. The lowest BCUT2D eigenvalue weighted by molar-refractivity contribution is -0.137. The van der Waals surface area contributed by atoms with Crippen molar-refractivity contribution in [1.29, 1.82) is 0 Å². The van der Waals surface area contributed by atoms with Crippen LogP contribution in [0.4, 0.5) is 0 Å². The number of rotatable bonds is 6. The highest BCUT2D eigenvalue weighted by Gasteiger charge is 2.46. The van der Waals surface area contributed by atoms with Crippen molar-refractivity contribution in [2.45, 2.75) is 37.2 Å². The van der Waals surface area contributed by atoms with E-state index in [-0.39, 0.29) is 17.9 Å². The predicted octanol–water partition coefficient (Wildman–Crippen LogP) is 3.09. The molecule has 1 heterocycles. The Kier molecular flexibility index (Phi) is 4.02. The molecule has 5 heteroatoms. The highest BCUT2D eigenvalue weighted by molar-refractivity contribution is 7.99. The summed E-state index contributed by atoms with van der Waals surface area (Å²) < 4.78 is 11.4. The molecule has 3 rings (SSSR count). The summed E-state index contributed by atoms with van der Waals surface area (Å²) in [5, 5.41) is 9.09. The normalized spacial score (nSPS) is 22.8. The number of benzene rings is 1. The molecule has 1 aromatic rings. The van der Waals surface area contributed by atoms with E-state index in [9.17, 15) is 4.79 Å². The number of carbonyl (C=O) groups is 1. The Morgan fingerprint density at radius 2 is 2.24 bits per heavy atom. The zero-order valence-electron chi connectivity index (χ0n) is 12.1. The van der Waals surface area contributed by atoms with Crippen molar-refractivity contribution < 1.29 is 19.4 Å². The van der Waals surface area contributed by atoms with Crippen molar-refractivity contribution in [2.24, 2.45) is 0 Å². The zero-order valence-corrected chi connectivity index (χ0v) is 12.9. The number of carboxylic acids is 1. The maximum Gasteiger partial charge on any atom is 0.304 e. The lowest BCUT2D eigenvalue weighted by atomic mass is 9.92. The molecule has 1 aliphatic carbocycles. The van der Waals surface area contributed by atoms with E-state index in [1.54, 1.807) is 7.11 Å². The van der Waals surface area contributed by atoms with Crippen molar-refractivity contribution in [3.63, 3.8) is 0 Å². The Morgan fingerprint density at radius 3 is 2.81 bits per heavy atom. The first-order valence-electron chi connectivity index (χ1n) is 7.28. The minimum atomic E-state index is -0.738. The minimum Gasteiger partial charge on any atom is -0.493 e. The van der Waals surface area contributed by atoms with Crippen LogP contribution in [0.5, 0.6) is 11.5 Å². The molecule has 2 aliphatic rings. The van der Waals surface area contributed by atoms with E-state index >= 15 is 0 Å². The number of hydrogen-bond donors (Lipinski definition) is 1. The number of ether oxygens (including phenoxy) is 2. The van der Waals surface area contributed by atoms with Gasteiger partial charge in [0.2, 0.25) is 0 Å². The predicted molar refractivity (Wildman–Crippen MR) is 82.5 cm³/mol. The van der Waals surface area contributed by atoms with Gasteiger partial charge in [-0.05, 0) is 42.7 Å². The SMILES string of the molecule is COc1ccc(C2(CC(=O)O)CC2)cc1OC1CCSC1. The first-order chi connectivity index (χ1) is 10.1. The van der Waals surface area contributed by atoms with Crippen molar-refractivity contribution in [3.05, 3.63) is 23.8 Å². The number of hydrogen-bond acceptors (Lipinski definition) is 4. The Hall–Kier alpha value is -1.36. The molecule has 1 saturated heterocycles. The van der Waals surface area contributed by atoms with Crippen LogP contribution in [-0.4, -0.2) is 35.8 Å². The molecule has 1 aliphatic heterocycles. The number of aliphatic carboxylic acids is 1. The van der Waals surface area contributed by atoms with Gasteiger partial charge in [-0.2, -0.15) is 11.8 Å². The third kappa shape index (κ3) is 3.12. The van der Waals surface area contributed by atoms with Crippen LogP contribution in [0.1, 0.15) is 31.2 Å². The fourth-order valence-corrected chi connectivity index (χ4v) is 3.99. The summed E-state index contributed by atoms with van der Waals surface area (Å²) >= 11 is 1.90. The molecule has 0 bridgehead atoms. The van der Waals surface area contributed by atoms with E-state index in [0.29, 0.717) is 0 Å². The molecule has 0 spiro atoms. The van der Waals surface area contributed by atoms with Crippen LogP contribution in [0.2, 0.25) is 0 Å². The molecule has 1 aromatic carbocycles. The molecule has 2 fully saturated rings. The van der Waals surface area contributed by atoms with Gasteiger partial charge in [0.15, 0.2) is 11.5 Å². The van der Waals surface area contributed by atoms with Gasteiger partial charge < -0.3 is 14.6 Å². The van der Waals surface area contributed by atoms with Crippen molar-refractivity contribution in [3.8, 4) is 11.5 Å². The lowest BCUT2D eigenvalue weighted by Gasteiger charge is -2.19. The van der Waals surface area contributed by atoms with Gasteiger partial charge in [-0.25, -0.2) is 0 Å². The summed E-state index contributed by atoms with van der Waals surface area (Å²) in [5.74, 6) is 2.88. The lowest BCUT2D eigenvalue weighted by Crippen LogP contribution is -2.17. The van der Waals surface area contributed by atoms with Crippen LogP contribution in [-0.2, 0) is 10.2 Å². The summed E-state index contributed by atoms with van der Waals surface area (Å²) in [7, 11) is 1.63. The molecule has 0 aromatic heterocycles. The summed E-state index contributed by atoms with van der Waals surface area (Å²) in [4.78, 5) is 11.1. The topological polar surface area (TPSA) is 55.8 Å². The van der Waals surface area contributed by atoms with Gasteiger partial charge in [0.05, 0.1) is 13.5 Å². The van der Waals surface area contributed by atoms with Crippen molar-refractivity contribution in [1.82, 2.24) is 0 Å². The average molecular weight is 308 g/mol. The van der Waals surface area contributed by atoms with E-state index in [2.05, 4.69) is 0 Å². The summed E-state index contributed by atoms with van der Waals surface area (Å²) in [6, 6.07) is 5.86. The molecule has 1 saturated carbocycles. The fourth-order valence-electron chi connectivity index (χ4n) is 2.89. The van der Waals surface area contributed by atoms with Crippen molar-refractivity contribution >= 4 is 17.7 Å². The first-order valence-corrected chi connectivity index (χ1v) is 8.43. The molecule has 114 valence electrons. The molecule has 1 atom stereocenters. The van der Waals surface area contributed by atoms with Gasteiger partial charge in [0, 0.05) is 11.2 Å². The molecule has 4 nitrogen and oxygen atoms in total. The van der Waals surface area contributed by atoms with E-state index < -0.39 is 5.97 Å². The van der Waals surface area contributed by atoms with Gasteiger partial charge >= 0.3 is 5.97 Å². The van der Waals surface area contributed by atoms with Gasteiger partial charge in [-0.1, -0.05) is 6.07 Å². The molecular weight excluding hydrogens is 288 g/mol. The van der Waals surface area contributed by atoms with Crippen LogP contribution >= 0.6 is 11.8 Å². The van der Waals surface area contributed by atoms with Crippen LogP contribution < -0.4 is 9.47 Å². The molecule has 0 amide bonds. The number of methoxy groups -OCH3 is 1. The van der Waals surface area contributed by atoms with Gasteiger partial charge in [0.1, 0.15) is 6.10 Å². The second-order valence-corrected chi connectivity index (χ2v) is 6.97. The highest BCUT2D eigenvalue weighted by Crippen LogP contribution is 2.52. The third-order valence-electron chi connectivity index (χ3n) is 4.30. The summed E-state index contributed by atoms with van der Waals surface area (Å²) in [6.07, 6.45) is 3.35. The van der Waals surface area contributed by atoms with E-state index in [0.717, 1.165) is 47.8 Å². The Morgan fingerprint density at radius 1 is 1.43 bits per heavy atom. The van der Waals surface area contributed by atoms with Crippen LogP contribution in [0.15, 0.2) is 18.2 Å². The maximum atomic E-state index is 11.1. The summed E-state index contributed by atoms with van der Waals surface area (Å²) in [6.45, 7) is 0. The summed E-state index contributed by atoms with van der Waals surface area (Å²) in [5.41, 5.74) is 0.868. The monoisotopic (exact) mass is 308 g/mol. The van der Waals surface area contributed by atoms with Crippen LogP contribution in [0.3, 0.4) is 0 Å². The molecule has 1 N–H and O–H groups in total. The highest BCUT2D eigenvalue weighted by atomic mass is 32.2. The third-order valence-corrected chi connectivity index (χ3v) is 5.43. The standard InChI is InChI=1S/C16H20O4S/c1-19-13-3-2-11(16(5-6-16)9-15(17)18)8-14(13)20-12-4-7-21-10-12/h2-3,8,12H,4-7,9-10H2,1H3,(H,17,18). The zero-order chi connectivity index (χ0) is 14.9.